The van der Waals surface area contributed by atoms with Crippen LogP contribution in [0.25, 0.3) is 0 Å². The zero-order valence-electron chi connectivity index (χ0n) is 12.6. The molecule has 2 fully saturated rings. The molecule has 0 aromatic rings. The summed E-state index contributed by atoms with van der Waals surface area (Å²) in [7, 11) is -3.91. The zero-order chi connectivity index (χ0) is 14.4. The van der Waals surface area contributed by atoms with Gasteiger partial charge in [-0.05, 0) is 56.3 Å². The minimum absolute atomic E-state index is 0.124. The van der Waals surface area contributed by atoms with Crippen LogP contribution >= 0.6 is 7.82 Å². The van der Waals surface area contributed by atoms with Crippen LogP contribution in [0, 0.1) is 23.2 Å². The van der Waals surface area contributed by atoms with E-state index >= 15 is 0 Å². The molecule has 1 unspecified atom stereocenters. The van der Waals surface area contributed by atoms with Crippen LogP contribution in [0.15, 0.2) is 0 Å². The van der Waals surface area contributed by atoms with Crippen molar-refractivity contribution in [2.45, 2.75) is 66.1 Å². The molecular formula is C14H27O4P. The van der Waals surface area contributed by atoms with Crippen molar-refractivity contribution < 1.29 is 18.5 Å². The summed E-state index contributed by atoms with van der Waals surface area (Å²) in [5.74, 6) is 1.66. The van der Waals surface area contributed by atoms with Crippen LogP contribution in [0.5, 0.6) is 0 Å². The number of fused-ring (bicyclic) bond motifs is 1. The molecule has 4 nitrogen and oxygen atoms in total. The Morgan fingerprint density at radius 1 is 1.32 bits per heavy atom. The molecule has 0 heterocycles. The summed E-state index contributed by atoms with van der Waals surface area (Å²) in [5, 5.41) is 0. The highest BCUT2D eigenvalue weighted by atomic mass is 31.2. The molecule has 0 aromatic heterocycles. The van der Waals surface area contributed by atoms with E-state index in [9.17, 15) is 9.46 Å². The standard InChI is InChI=1S/C14H27O4P/c1-9(2)6-11-12-7-14(12,5)8-13(11)18-19(15,16)17-10(3)4/h9-13H,6-8H2,1-5H3,(H,15,16)/t11-,12-,13-,14+/m0/s1. The largest absolute Gasteiger partial charge is 0.472 e. The van der Waals surface area contributed by atoms with Gasteiger partial charge in [0.1, 0.15) is 0 Å². The third-order valence-corrected chi connectivity index (χ3v) is 5.66. The highest BCUT2D eigenvalue weighted by Gasteiger charge is 2.63. The molecular weight excluding hydrogens is 263 g/mol. The molecule has 2 aliphatic rings. The maximum Gasteiger partial charge on any atom is 0.472 e. The first kappa shape index (κ1) is 15.5. The average molecular weight is 290 g/mol. The maximum absolute atomic E-state index is 11.9. The Morgan fingerprint density at radius 3 is 2.47 bits per heavy atom. The molecule has 2 rings (SSSR count). The van der Waals surface area contributed by atoms with Crippen molar-refractivity contribution in [2.24, 2.45) is 23.2 Å². The van der Waals surface area contributed by atoms with Crippen LogP contribution < -0.4 is 0 Å². The highest BCUT2D eigenvalue weighted by molar-refractivity contribution is 7.47. The predicted octanol–water partition coefficient (Wildman–Crippen LogP) is 3.99. The van der Waals surface area contributed by atoms with Crippen LogP contribution in [0.3, 0.4) is 0 Å². The molecule has 0 amide bonds. The predicted molar refractivity (Wildman–Crippen MR) is 74.7 cm³/mol. The quantitative estimate of drug-likeness (QED) is 0.751. The lowest BCUT2D eigenvalue weighted by Crippen LogP contribution is -2.23. The molecule has 0 aliphatic heterocycles. The van der Waals surface area contributed by atoms with E-state index in [2.05, 4.69) is 20.8 Å². The van der Waals surface area contributed by atoms with E-state index in [1.165, 1.54) is 6.42 Å². The zero-order valence-corrected chi connectivity index (χ0v) is 13.5. The van der Waals surface area contributed by atoms with Gasteiger partial charge in [0.25, 0.3) is 0 Å². The first-order valence-electron chi connectivity index (χ1n) is 7.32. The van der Waals surface area contributed by atoms with E-state index in [0.29, 0.717) is 23.2 Å². The minimum atomic E-state index is -3.91. The van der Waals surface area contributed by atoms with Gasteiger partial charge >= 0.3 is 7.82 Å². The van der Waals surface area contributed by atoms with E-state index in [0.717, 1.165) is 12.8 Å². The molecule has 0 bridgehead atoms. The van der Waals surface area contributed by atoms with Gasteiger partial charge in [0.2, 0.25) is 0 Å². The Balaban J connectivity index is 2.01. The second-order valence-electron chi connectivity index (χ2n) is 7.23. The summed E-state index contributed by atoms with van der Waals surface area (Å²) >= 11 is 0. The van der Waals surface area contributed by atoms with E-state index in [-0.39, 0.29) is 12.2 Å². The third kappa shape index (κ3) is 3.60. The number of hydrogen-bond acceptors (Lipinski definition) is 3. The van der Waals surface area contributed by atoms with Gasteiger partial charge in [-0.3, -0.25) is 9.05 Å². The molecule has 0 aromatic carbocycles. The van der Waals surface area contributed by atoms with Crippen molar-refractivity contribution in [2.75, 3.05) is 0 Å². The lowest BCUT2D eigenvalue weighted by molar-refractivity contribution is 0.0526. The second kappa shape index (κ2) is 5.14. The summed E-state index contributed by atoms with van der Waals surface area (Å²) in [5.41, 5.74) is 0.335. The minimum Gasteiger partial charge on any atom is -0.302 e. The number of hydrogen-bond donors (Lipinski definition) is 1. The summed E-state index contributed by atoms with van der Waals surface area (Å²) < 4.78 is 22.5. The van der Waals surface area contributed by atoms with Crippen molar-refractivity contribution in [3.8, 4) is 0 Å². The molecule has 2 saturated carbocycles. The van der Waals surface area contributed by atoms with Crippen molar-refractivity contribution >= 4 is 7.82 Å². The van der Waals surface area contributed by atoms with Gasteiger partial charge in [0, 0.05) is 0 Å². The average Bonchev–Trinajstić information content (AvgIpc) is 2.75. The van der Waals surface area contributed by atoms with Crippen LogP contribution in [0.4, 0.5) is 0 Å². The first-order valence-corrected chi connectivity index (χ1v) is 8.82. The fourth-order valence-corrected chi connectivity index (χ4v) is 4.81. The molecule has 5 heteroatoms. The molecule has 112 valence electrons. The van der Waals surface area contributed by atoms with E-state index < -0.39 is 7.82 Å². The molecule has 0 saturated heterocycles. The molecule has 0 radical (unpaired) electrons. The van der Waals surface area contributed by atoms with Gasteiger partial charge in [-0.2, -0.15) is 0 Å². The molecule has 1 N–H and O–H groups in total. The van der Waals surface area contributed by atoms with Crippen LogP contribution in [-0.4, -0.2) is 17.1 Å². The molecule has 19 heavy (non-hydrogen) atoms. The van der Waals surface area contributed by atoms with E-state index in [4.69, 9.17) is 9.05 Å². The summed E-state index contributed by atoms with van der Waals surface area (Å²) in [6.45, 7) is 10.1. The first-order chi connectivity index (χ1) is 8.63. The van der Waals surface area contributed by atoms with Crippen LogP contribution in [-0.2, 0) is 13.6 Å². The van der Waals surface area contributed by atoms with Crippen molar-refractivity contribution in [3.63, 3.8) is 0 Å². The van der Waals surface area contributed by atoms with Gasteiger partial charge in [-0.15, -0.1) is 0 Å². The SMILES string of the molecule is CC(C)C[C@@H]1[C@@H](OP(=O)(O)OC(C)C)C[C@@]2(C)C[C@@H]12. The van der Waals surface area contributed by atoms with Gasteiger partial charge in [-0.25, -0.2) is 4.57 Å². The van der Waals surface area contributed by atoms with Crippen LogP contribution in [0.2, 0.25) is 0 Å². The topological polar surface area (TPSA) is 55.8 Å². The number of phosphoric acid groups is 1. The van der Waals surface area contributed by atoms with Crippen molar-refractivity contribution in [1.29, 1.82) is 0 Å². The monoisotopic (exact) mass is 290 g/mol. The fraction of sp³-hybridized carbons (Fsp3) is 1.00. The Morgan fingerprint density at radius 2 is 1.95 bits per heavy atom. The summed E-state index contributed by atoms with van der Waals surface area (Å²) in [6, 6.07) is 0. The van der Waals surface area contributed by atoms with Gasteiger partial charge in [0.15, 0.2) is 0 Å². The Labute approximate surface area is 116 Å². The fourth-order valence-electron chi connectivity index (χ4n) is 3.65. The third-order valence-electron chi connectivity index (χ3n) is 4.44. The molecule has 5 atom stereocenters. The summed E-state index contributed by atoms with van der Waals surface area (Å²) in [4.78, 5) is 9.79. The highest BCUT2D eigenvalue weighted by Crippen LogP contribution is 2.69. The Kier molecular flexibility index (Phi) is 4.19. The van der Waals surface area contributed by atoms with Crippen LogP contribution in [0.1, 0.15) is 53.9 Å². The van der Waals surface area contributed by atoms with E-state index in [1.807, 2.05) is 0 Å². The normalized spacial score (nSPS) is 40.5. The molecule has 2 aliphatic carbocycles. The maximum atomic E-state index is 11.9. The smallest absolute Gasteiger partial charge is 0.302 e. The van der Waals surface area contributed by atoms with Gasteiger partial charge in [-0.1, -0.05) is 20.8 Å². The Hall–Kier alpha value is 0.110. The number of phosphoric ester groups is 1. The van der Waals surface area contributed by atoms with Crippen molar-refractivity contribution in [1.82, 2.24) is 0 Å². The van der Waals surface area contributed by atoms with E-state index in [1.54, 1.807) is 13.8 Å². The summed E-state index contributed by atoms with van der Waals surface area (Å²) in [6.07, 6.45) is 2.77. The molecule has 0 spiro atoms. The number of rotatable bonds is 6. The van der Waals surface area contributed by atoms with Gasteiger partial charge in [0.05, 0.1) is 12.2 Å². The Bertz CT molecular complexity index is 382. The lowest BCUT2D eigenvalue weighted by Gasteiger charge is -2.26. The van der Waals surface area contributed by atoms with Gasteiger partial charge < -0.3 is 4.89 Å². The lowest BCUT2D eigenvalue weighted by atomic mass is 9.91. The second-order valence-corrected chi connectivity index (χ2v) is 8.59. The van der Waals surface area contributed by atoms with Crippen molar-refractivity contribution in [3.05, 3.63) is 0 Å².